The Bertz CT molecular complexity index is 1250. The number of aliphatic hydroxyl groups is 2. The molecule has 0 aromatic rings. The van der Waals surface area contributed by atoms with Crippen molar-refractivity contribution in [2.75, 3.05) is 26.4 Å². The van der Waals surface area contributed by atoms with Crippen molar-refractivity contribution in [2.24, 2.45) is 5.41 Å². The number of rotatable bonds is 37. The molecule has 10 heteroatoms. The van der Waals surface area contributed by atoms with Gasteiger partial charge in [-0.2, -0.15) is 0 Å². The van der Waals surface area contributed by atoms with Crippen LogP contribution in [-0.2, 0) is 33.4 Å². The van der Waals surface area contributed by atoms with Crippen molar-refractivity contribution in [1.29, 1.82) is 0 Å². The van der Waals surface area contributed by atoms with Crippen molar-refractivity contribution in [3.05, 3.63) is 72.9 Å². The zero-order valence-corrected chi connectivity index (χ0v) is 36.5. The van der Waals surface area contributed by atoms with E-state index in [9.17, 15) is 29.4 Å². The molecular weight excluding hydrogens is 735 g/mol. The van der Waals surface area contributed by atoms with Crippen LogP contribution in [0.15, 0.2) is 72.9 Å². The van der Waals surface area contributed by atoms with E-state index in [1.165, 1.54) is 0 Å². The molecule has 0 bridgehead atoms. The lowest BCUT2D eigenvalue weighted by Gasteiger charge is -2.27. The molecule has 1 unspecified atom stereocenters. The van der Waals surface area contributed by atoms with E-state index in [2.05, 4.69) is 92.1 Å². The minimum atomic E-state index is -1.45. The van der Waals surface area contributed by atoms with E-state index in [0.29, 0.717) is 12.8 Å². The van der Waals surface area contributed by atoms with Crippen LogP contribution in [-0.4, -0.2) is 72.6 Å². The molecule has 0 saturated carbocycles. The molecule has 0 fully saturated rings. The number of nitrogens with one attached hydrogen (secondary N) is 1. The number of esters is 3. The summed E-state index contributed by atoms with van der Waals surface area (Å²) >= 11 is 0. The van der Waals surface area contributed by atoms with Gasteiger partial charge in [0, 0.05) is 24.8 Å². The third-order valence-electron chi connectivity index (χ3n) is 9.25. The van der Waals surface area contributed by atoms with Crippen LogP contribution in [0, 0.1) is 5.41 Å². The number of hydrogen-bond acceptors (Lipinski definition) is 9. The molecule has 10 nitrogen and oxygen atoms in total. The Morgan fingerprint density at radius 1 is 0.552 bits per heavy atom. The fraction of sp³-hybridized carbons (Fsp3) is 0.667. The lowest BCUT2D eigenvalue weighted by molar-refractivity contribution is -0.167. The Balaban J connectivity index is 4.60. The van der Waals surface area contributed by atoms with Crippen LogP contribution in [0.4, 0.5) is 0 Å². The van der Waals surface area contributed by atoms with E-state index >= 15 is 0 Å². The molecule has 0 aromatic heterocycles. The van der Waals surface area contributed by atoms with E-state index < -0.39 is 48.0 Å². The van der Waals surface area contributed by atoms with Gasteiger partial charge in [0.25, 0.3) is 0 Å². The molecular formula is C48H79NO9. The predicted octanol–water partition coefficient (Wildman–Crippen LogP) is 10.0. The first-order valence-electron chi connectivity index (χ1n) is 22.0. The van der Waals surface area contributed by atoms with Gasteiger partial charge in [0.2, 0.25) is 5.91 Å². The van der Waals surface area contributed by atoms with Gasteiger partial charge in [-0.3, -0.25) is 19.2 Å². The molecule has 3 N–H and O–H groups in total. The Labute approximate surface area is 351 Å². The summed E-state index contributed by atoms with van der Waals surface area (Å²) in [5, 5.41) is 22.0. The molecule has 0 saturated heterocycles. The van der Waals surface area contributed by atoms with Crippen molar-refractivity contribution >= 4 is 23.8 Å². The number of carbonyl (C=O) groups excluding carboxylic acids is 4. The number of allylic oxidation sites excluding steroid dienone is 12. The van der Waals surface area contributed by atoms with Gasteiger partial charge in [-0.15, -0.1) is 0 Å². The highest BCUT2D eigenvalue weighted by molar-refractivity contribution is 5.82. The smallest absolute Gasteiger partial charge is 0.307 e. The monoisotopic (exact) mass is 814 g/mol. The molecule has 0 aliphatic heterocycles. The van der Waals surface area contributed by atoms with Crippen molar-refractivity contribution in [1.82, 2.24) is 5.32 Å². The highest BCUT2D eigenvalue weighted by atomic mass is 16.6. The molecule has 0 rings (SSSR count). The van der Waals surface area contributed by atoms with Crippen LogP contribution in [0.25, 0.3) is 0 Å². The van der Waals surface area contributed by atoms with Crippen LogP contribution >= 0.6 is 0 Å². The van der Waals surface area contributed by atoms with Crippen LogP contribution in [0.1, 0.15) is 163 Å². The third-order valence-corrected chi connectivity index (χ3v) is 9.25. The summed E-state index contributed by atoms with van der Waals surface area (Å²) in [6.45, 7) is 6.34. The van der Waals surface area contributed by atoms with Gasteiger partial charge in [-0.05, 0) is 77.0 Å². The number of carbonyl (C=O) groups is 4. The zero-order valence-electron chi connectivity index (χ0n) is 36.5. The molecule has 330 valence electrons. The van der Waals surface area contributed by atoms with E-state index in [1.54, 1.807) is 13.8 Å². The Kier molecular flexibility index (Phi) is 36.2. The summed E-state index contributed by atoms with van der Waals surface area (Å²) in [7, 11) is 0. The Hall–Kier alpha value is -3.76. The van der Waals surface area contributed by atoms with Gasteiger partial charge < -0.3 is 29.7 Å². The maximum Gasteiger partial charge on any atom is 0.307 e. The number of amides is 1. The summed E-state index contributed by atoms with van der Waals surface area (Å²) in [6.07, 6.45) is 41.9. The maximum atomic E-state index is 12.7. The fourth-order valence-corrected chi connectivity index (χ4v) is 5.48. The van der Waals surface area contributed by atoms with Gasteiger partial charge in [-0.1, -0.05) is 139 Å². The quantitative estimate of drug-likeness (QED) is 0.0241. The first kappa shape index (κ1) is 54.2. The Morgan fingerprint density at radius 3 is 1.41 bits per heavy atom. The van der Waals surface area contributed by atoms with E-state index in [-0.39, 0.29) is 39.0 Å². The van der Waals surface area contributed by atoms with Crippen molar-refractivity contribution in [2.45, 2.75) is 175 Å². The SMILES string of the molecule is CC/C=C\C/C=C\C/C=C\CCCCCCCC(=O)OCC(COC(=O)CCNC(=O)[C@H](O)C(C)(C)CO)OC(=O)CCCCCCC/C=C\C/C=C\C/C=C\CC. The van der Waals surface area contributed by atoms with Gasteiger partial charge >= 0.3 is 17.9 Å². The van der Waals surface area contributed by atoms with Crippen LogP contribution < -0.4 is 5.32 Å². The van der Waals surface area contributed by atoms with Crippen LogP contribution in [0.2, 0.25) is 0 Å². The largest absolute Gasteiger partial charge is 0.462 e. The first-order valence-corrected chi connectivity index (χ1v) is 22.0. The number of ether oxygens (including phenoxy) is 3. The molecule has 58 heavy (non-hydrogen) atoms. The summed E-state index contributed by atoms with van der Waals surface area (Å²) < 4.78 is 16.3. The molecule has 0 aliphatic rings. The predicted molar refractivity (Wildman–Crippen MR) is 235 cm³/mol. The van der Waals surface area contributed by atoms with Crippen LogP contribution in [0.5, 0.6) is 0 Å². The van der Waals surface area contributed by atoms with Gasteiger partial charge in [-0.25, -0.2) is 0 Å². The maximum absolute atomic E-state index is 12.7. The first-order chi connectivity index (χ1) is 28.1. The van der Waals surface area contributed by atoms with Crippen LogP contribution in [0.3, 0.4) is 0 Å². The van der Waals surface area contributed by atoms with Crippen molar-refractivity contribution in [3.8, 4) is 0 Å². The van der Waals surface area contributed by atoms with E-state index in [0.717, 1.165) is 103 Å². The number of unbranched alkanes of at least 4 members (excludes halogenated alkanes) is 10. The second kappa shape index (κ2) is 38.7. The molecule has 0 aliphatic carbocycles. The third kappa shape index (κ3) is 34.3. The van der Waals surface area contributed by atoms with Crippen molar-refractivity contribution < 1.29 is 43.6 Å². The number of aliphatic hydroxyl groups excluding tert-OH is 2. The van der Waals surface area contributed by atoms with E-state index in [1.807, 2.05) is 0 Å². The topological polar surface area (TPSA) is 148 Å². The van der Waals surface area contributed by atoms with Gasteiger partial charge in [0.1, 0.15) is 19.3 Å². The second-order valence-corrected chi connectivity index (χ2v) is 15.3. The average Bonchev–Trinajstić information content (AvgIpc) is 3.21. The van der Waals surface area contributed by atoms with Crippen molar-refractivity contribution in [3.63, 3.8) is 0 Å². The minimum absolute atomic E-state index is 0.0910. The molecule has 0 spiro atoms. The highest BCUT2D eigenvalue weighted by Crippen LogP contribution is 2.19. The lowest BCUT2D eigenvalue weighted by atomic mass is 9.87. The normalized spacial score (nSPS) is 13.4. The van der Waals surface area contributed by atoms with Gasteiger partial charge in [0.15, 0.2) is 6.10 Å². The molecule has 0 heterocycles. The Morgan fingerprint density at radius 2 is 0.948 bits per heavy atom. The average molecular weight is 814 g/mol. The summed E-state index contributed by atoms with van der Waals surface area (Å²) in [5.41, 5.74) is -1.04. The molecule has 0 radical (unpaired) electrons. The minimum Gasteiger partial charge on any atom is -0.462 e. The second-order valence-electron chi connectivity index (χ2n) is 15.3. The fourth-order valence-electron chi connectivity index (χ4n) is 5.48. The highest BCUT2D eigenvalue weighted by Gasteiger charge is 2.32. The molecule has 1 amide bonds. The summed E-state index contributed by atoms with van der Waals surface area (Å²) in [5.74, 6) is -2.21. The summed E-state index contributed by atoms with van der Waals surface area (Å²) in [4.78, 5) is 49.8. The van der Waals surface area contributed by atoms with E-state index in [4.69, 9.17) is 14.2 Å². The molecule has 0 aromatic carbocycles. The molecule has 2 atom stereocenters. The summed E-state index contributed by atoms with van der Waals surface area (Å²) in [6, 6.07) is 0. The zero-order chi connectivity index (χ0) is 43.0. The standard InChI is InChI=1S/C48H79NO9/c1-5-7-9-11-13-15-17-19-21-23-25-27-29-31-33-35-43(51)56-39-42(40-57-44(52)37-38-49-47(55)46(54)48(3,4)41-50)58-45(53)36-34-32-30-28-26-24-22-20-18-16-14-12-10-8-6-2/h7-10,13-16,19-22,42,46,50,54H,5-6,11-12,17-18,23-41H2,1-4H3,(H,49,55)/b9-7-,10-8-,15-13-,16-14-,21-19-,22-20-/t42?,46-/m0/s1. The lowest BCUT2D eigenvalue weighted by Crippen LogP contribution is -2.46. The number of hydrogen-bond donors (Lipinski definition) is 3. The van der Waals surface area contributed by atoms with Gasteiger partial charge in [0.05, 0.1) is 13.0 Å².